The lowest BCUT2D eigenvalue weighted by atomic mass is 10.1. The predicted molar refractivity (Wildman–Crippen MR) is 136 cm³/mol. The Hall–Kier alpha value is -3.62. The molecule has 0 fully saturated rings. The maximum absolute atomic E-state index is 9.53. The standard InChI is InChI=1S/C28H29NO6/c30-16-25(32)18-34-27-11-7-22(8-12-27)29(24-6-5-20-3-1-2-4-21(20)15-24)23-9-13-28(14-10-23)35-19-26(33)17-31/h1-15,25-26,30-33H,16-19H2. The second-order valence-corrected chi connectivity index (χ2v) is 8.15. The van der Waals surface area contributed by atoms with E-state index in [4.69, 9.17) is 19.7 Å². The fourth-order valence-electron chi connectivity index (χ4n) is 3.64. The van der Waals surface area contributed by atoms with Gasteiger partial charge in [-0.15, -0.1) is 0 Å². The highest BCUT2D eigenvalue weighted by molar-refractivity contribution is 5.89. The van der Waals surface area contributed by atoms with E-state index in [9.17, 15) is 10.2 Å². The summed E-state index contributed by atoms with van der Waals surface area (Å²) in [5.74, 6) is 1.18. The lowest BCUT2D eigenvalue weighted by Crippen LogP contribution is -2.21. The van der Waals surface area contributed by atoms with Gasteiger partial charge in [0.05, 0.1) is 13.2 Å². The normalized spacial score (nSPS) is 12.8. The monoisotopic (exact) mass is 475 g/mol. The van der Waals surface area contributed by atoms with Gasteiger partial charge in [0.15, 0.2) is 0 Å². The predicted octanol–water partition coefficient (Wildman–Crippen LogP) is 3.77. The molecule has 4 rings (SSSR count). The van der Waals surface area contributed by atoms with Crippen LogP contribution >= 0.6 is 0 Å². The van der Waals surface area contributed by atoms with Gasteiger partial charge in [0.2, 0.25) is 0 Å². The van der Waals surface area contributed by atoms with Gasteiger partial charge >= 0.3 is 0 Å². The Morgan fingerprint density at radius 2 is 1.03 bits per heavy atom. The van der Waals surface area contributed by atoms with Crippen molar-refractivity contribution in [3.05, 3.63) is 91.0 Å². The van der Waals surface area contributed by atoms with E-state index in [0.29, 0.717) is 11.5 Å². The summed E-state index contributed by atoms with van der Waals surface area (Å²) in [4.78, 5) is 2.10. The number of benzene rings is 4. The van der Waals surface area contributed by atoms with Crippen molar-refractivity contribution in [2.45, 2.75) is 12.2 Å². The van der Waals surface area contributed by atoms with Crippen LogP contribution in [0.2, 0.25) is 0 Å². The number of nitrogens with zero attached hydrogens (tertiary/aromatic N) is 1. The SMILES string of the molecule is OCC(O)COc1ccc(N(c2ccc(OCC(O)CO)cc2)c2ccc3ccccc3c2)cc1. The summed E-state index contributed by atoms with van der Waals surface area (Å²) >= 11 is 0. The molecule has 0 spiro atoms. The minimum absolute atomic E-state index is 0.0106. The summed E-state index contributed by atoms with van der Waals surface area (Å²) in [6.45, 7) is -0.688. The van der Waals surface area contributed by atoms with E-state index in [1.807, 2.05) is 60.7 Å². The first-order valence-electron chi connectivity index (χ1n) is 11.4. The summed E-state index contributed by atoms with van der Waals surface area (Å²) < 4.78 is 11.1. The van der Waals surface area contributed by atoms with Gasteiger partial charge in [-0.25, -0.2) is 0 Å². The van der Waals surface area contributed by atoms with E-state index in [1.54, 1.807) is 0 Å². The van der Waals surface area contributed by atoms with Crippen molar-refractivity contribution in [3.63, 3.8) is 0 Å². The third-order valence-electron chi connectivity index (χ3n) is 5.49. The van der Waals surface area contributed by atoms with Crippen LogP contribution in [0.3, 0.4) is 0 Å². The van der Waals surface area contributed by atoms with Crippen molar-refractivity contribution in [2.24, 2.45) is 0 Å². The average molecular weight is 476 g/mol. The van der Waals surface area contributed by atoms with Crippen LogP contribution in [0.1, 0.15) is 0 Å². The van der Waals surface area contributed by atoms with E-state index in [-0.39, 0.29) is 26.4 Å². The smallest absolute Gasteiger partial charge is 0.119 e. The van der Waals surface area contributed by atoms with Gasteiger partial charge in [0.25, 0.3) is 0 Å². The van der Waals surface area contributed by atoms with Crippen LogP contribution in [-0.2, 0) is 0 Å². The summed E-state index contributed by atoms with van der Waals surface area (Å²) in [6, 6.07) is 29.4. The van der Waals surface area contributed by atoms with Gasteiger partial charge < -0.3 is 34.8 Å². The molecule has 4 aromatic carbocycles. The Morgan fingerprint density at radius 1 is 0.571 bits per heavy atom. The zero-order valence-corrected chi connectivity index (χ0v) is 19.2. The van der Waals surface area contributed by atoms with E-state index in [2.05, 4.69) is 35.2 Å². The first-order valence-corrected chi connectivity index (χ1v) is 11.4. The molecule has 4 aromatic rings. The Labute approximate surface area is 204 Å². The van der Waals surface area contributed by atoms with E-state index < -0.39 is 12.2 Å². The molecular formula is C28H29NO6. The molecule has 0 saturated carbocycles. The van der Waals surface area contributed by atoms with Gasteiger partial charge in [0.1, 0.15) is 36.9 Å². The Bertz CT molecular complexity index is 1150. The zero-order chi connectivity index (χ0) is 24.6. The third-order valence-corrected chi connectivity index (χ3v) is 5.49. The maximum Gasteiger partial charge on any atom is 0.119 e. The lowest BCUT2D eigenvalue weighted by molar-refractivity contribution is 0.0536. The summed E-state index contributed by atoms with van der Waals surface area (Å²) in [6.07, 6.45) is -1.86. The fourth-order valence-corrected chi connectivity index (χ4v) is 3.64. The minimum atomic E-state index is -0.928. The second kappa shape index (κ2) is 11.7. The Kier molecular flexibility index (Phi) is 8.18. The molecule has 0 saturated heterocycles. The van der Waals surface area contributed by atoms with Crippen molar-refractivity contribution in [1.29, 1.82) is 0 Å². The Morgan fingerprint density at radius 3 is 1.51 bits per heavy atom. The third kappa shape index (κ3) is 6.29. The molecule has 0 radical (unpaired) electrons. The van der Waals surface area contributed by atoms with Crippen molar-refractivity contribution in [2.75, 3.05) is 31.3 Å². The molecule has 0 heterocycles. The molecule has 7 nitrogen and oxygen atoms in total. The van der Waals surface area contributed by atoms with E-state index >= 15 is 0 Å². The molecule has 0 amide bonds. The molecule has 2 unspecified atom stereocenters. The van der Waals surface area contributed by atoms with Crippen LogP contribution in [-0.4, -0.2) is 59.1 Å². The molecule has 182 valence electrons. The molecule has 0 aliphatic rings. The van der Waals surface area contributed by atoms with E-state index in [0.717, 1.165) is 27.8 Å². The Balaban J connectivity index is 1.64. The topological polar surface area (TPSA) is 103 Å². The number of anilines is 3. The highest BCUT2D eigenvalue weighted by Crippen LogP contribution is 2.37. The van der Waals surface area contributed by atoms with Crippen LogP contribution < -0.4 is 14.4 Å². The number of aliphatic hydroxyl groups is 4. The van der Waals surface area contributed by atoms with Gasteiger partial charge in [-0.1, -0.05) is 30.3 Å². The largest absolute Gasteiger partial charge is 0.491 e. The maximum atomic E-state index is 9.53. The van der Waals surface area contributed by atoms with Crippen LogP contribution in [0.5, 0.6) is 11.5 Å². The number of aliphatic hydroxyl groups excluding tert-OH is 4. The van der Waals surface area contributed by atoms with Crippen LogP contribution in [0.25, 0.3) is 10.8 Å². The summed E-state index contributed by atoms with van der Waals surface area (Å²) in [7, 11) is 0. The molecule has 2 atom stereocenters. The van der Waals surface area contributed by atoms with Crippen molar-refractivity contribution >= 4 is 27.8 Å². The quantitative estimate of drug-likeness (QED) is 0.262. The van der Waals surface area contributed by atoms with Gasteiger partial charge in [0, 0.05) is 17.1 Å². The second-order valence-electron chi connectivity index (χ2n) is 8.15. The van der Waals surface area contributed by atoms with E-state index in [1.165, 1.54) is 0 Å². The summed E-state index contributed by atoms with van der Waals surface area (Å²) in [5, 5.41) is 39.3. The van der Waals surface area contributed by atoms with Gasteiger partial charge in [-0.3, -0.25) is 0 Å². The molecular weight excluding hydrogens is 446 g/mol. The molecule has 4 N–H and O–H groups in total. The van der Waals surface area contributed by atoms with Crippen molar-refractivity contribution < 1.29 is 29.9 Å². The average Bonchev–Trinajstić information content (AvgIpc) is 2.91. The number of ether oxygens (including phenoxy) is 2. The molecule has 0 aromatic heterocycles. The minimum Gasteiger partial charge on any atom is -0.491 e. The van der Waals surface area contributed by atoms with Crippen molar-refractivity contribution in [1.82, 2.24) is 0 Å². The van der Waals surface area contributed by atoms with Crippen LogP contribution in [0, 0.1) is 0 Å². The fraction of sp³-hybridized carbons (Fsp3) is 0.214. The van der Waals surface area contributed by atoms with Crippen LogP contribution in [0.4, 0.5) is 17.1 Å². The molecule has 7 heteroatoms. The molecule has 0 bridgehead atoms. The van der Waals surface area contributed by atoms with Crippen LogP contribution in [0.15, 0.2) is 91.0 Å². The summed E-state index contributed by atoms with van der Waals surface area (Å²) in [5.41, 5.74) is 2.77. The van der Waals surface area contributed by atoms with Gasteiger partial charge in [-0.2, -0.15) is 0 Å². The highest BCUT2D eigenvalue weighted by Gasteiger charge is 2.14. The number of hydrogen-bond acceptors (Lipinski definition) is 7. The first kappa shape index (κ1) is 24.5. The number of fused-ring (bicyclic) bond motifs is 1. The highest BCUT2D eigenvalue weighted by atomic mass is 16.5. The van der Waals surface area contributed by atoms with Crippen molar-refractivity contribution in [3.8, 4) is 11.5 Å². The molecule has 0 aliphatic carbocycles. The molecule has 0 aliphatic heterocycles. The number of rotatable bonds is 11. The lowest BCUT2D eigenvalue weighted by Gasteiger charge is -2.26. The van der Waals surface area contributed by atoms with Gasteiger partial charge in [-0.05, 0) is 71.4 Å². The zero-order valence-electron chi connectivity index (χ0n) is 19.2. The number of hydrogen-bond donors (Lipinski definition) is 4. The molecule has 35 heavy (non-hydrogen) atoms. The first-order chi connectivity index (χ1) is 17.1.